The van der Waals surface area contributed by atoms with Gasteiger partial charge in [0.1, 0.15) is 5.75 Å². The predicted molar refractivity (Wildman–Crippen MR) is 94.6 cm³/mol. The second-order valence-electron chi connectivity index (χ2n) is 4.98. The summed E-state index contributed by atoms with van der Waals surface area (Å²) in [5.41, 5.74) is 1.48. The highest BCUT2D eigenvalue weighted by atomic mass is 79.9. The van der Waals surface area contributed by atoms with E-state index in [-0.39, 0.29) is 11.3 Å². The maximum atomic E-state index is 12.6. The number of aryl methyl sites for hydroxylation is 1. The zero-order valence-electron chi connectivity index (χ0n) is 13.8. The van der Waals surface area contributed by atoms with Gasteiger partial charge in [-0.15, -0.1) is 0 Å². The van der Waals surface area contributed by atoms with Gasteiger partial charge in [0.2, 0.25) is 5.75 Å². The fourth-order valence-electron chi connectivity index (χ4n) is 2.22. The van der Waals surface area contributed by atoms with Gasteiger partial charge < -0.3 is 24.6 Å². The van der Waals surface area contributed by atoms with Crippen molar-refractivity contribution < 1.29 is 24.1 Å². The minimum absolute atomic E-state index is 0.00749. The van der Waals surface area contributed by atoms with Crippen molar-refractivity contribution in [3.8, 4) is 23.0 Å². The number of halogens is 1. The fourth-order valence-corrected chi connectivity index (χ4v) is 2.86. The van der Waals surface area contributed by atoms with Crippen molar-refractivity contribution in [2.75, 3.05) is 26.6 Å². The normalized spacial score (nSPS) is 10.2. The highest BCUT2D eigenvalue weighted by Gasteiger charge is 2.23. The third kappa shape index (κ3) is 3.41. The lowest BCUT2D eigenvalue weighted by molar-refractivity contribution is 0.102. The van der Waals surface area contributed by atoms with Gasteiger partial charge in [-0.2, -0.15) is 0 Å². The number of nitrogens with one attached hydrogen (secondary N) is 1. The van der Waals surface area contributed by atoms with Gasteiger partial charge in [0, 0.05) is 0 Å². The van der Waals surface area contributed by atoms with Crippen molar-refractivity contribution in [3.63, 3.8) is 0 Å². The first kappa shape index (κ1) is 17.9. The number of phenolic OH excluding ortho intramolecular Hbond substituents is 1. The summed E-state index contributed by atoms with van der Waals surface area (Å²) in [4.78, 5) is 12.6. The molecule has 24 heavy (non-hydrogen) atoms. The van der Waals surface area contributed by atoms with Crippen molar-refractivity contribution >= 4 is 27.5 Å². The smallest absolute Gasteiger partial charge is 0.257 e. The Morgan fingerprint density at radius 1 is 1.08 bits per heavy atom. The van der Waals surface area contributed by atoms with Crippen LogP contribution in [0.4, 0.5) is 5.69 Å². The van der Waals surface area contributed by atoms with E-state index >= 15 is 0 Å². The van der Waals surface area contributed by atoms with Crippen LogP contribution in [0.15, 0.2) is 28.7 Å². The number of hydrogen-bond donors (Lipinski definition) is 2. The topological polar surface area (TPSA) is 77.0 Å². The third-order valence-electron chi connectivity index (χ3n) is 3.42. The molecule has 0 bridgehead atoms. The Morgan fingerprint density at radius 2 is 1.75 bits per heavy atom. The lowest BCUT2D eigenvalue weighted by Gasteiger charge is -2.16. The highest BCUT2D eigenvalue weighted by molar-refractivity contribution is 9.10. The molecule has 0 heterocycles. The maximum Gasteiger partial charge on any atom is 0.257 e. The van der Waals surface area contributed by atoms with Crippen LogP contribution in [0.5, 0.6) is 23.0 Å². The van der Waals surface area contributed by atoms with Crippen LogP contribution in [0.2, 0.25) is 0 Å². The molecule has 2 rings (SSSR count). The SMILES string of the molecule is COc1cc(C(=O)Nc2ccc(C)cc2O)c(Br)c(OC)c1OC. The molecule has 0 aliphatic heterocycles. The van der Waals surface area contributed by atoms with Gasteiger partial charge in [-0.05, 0) is 46.6 Å². The molecule has 0 atom stereocenters. The van der Waals surface area contributed by atoms with Crippen LogP contribution >= 0.6 is 15.9 Å². The van der Waals surface area contributed by atoms with E-state index in [9.17, 15) is 9.90 Å². The van der Waals surface area contributed by atoms with Crippen molar-refractivity contribution in [1.82, 2.24) is 0 Å². The van der Waals surface area contributed by atoms with Crippen LogP contribution < -0.4 is 19.5 Å². The summed E-state index contributed by atoms with van der Waals surface area (Å²) in [6.45, 7) is 1.85. The minimum Gasteiger partial charge on any atom is -0.506 e. The molecule has 128 valence electrons. The second kappa shape index (κ2) is 7.44. The van der Waals surface area contributed by atoms with Crippen LogP contribution in [-0.4, -0.2) is 32.3 Å². The lowest BCUT2D eigenvalue weighted by atomic mass is 10.1. The Hall–Kier alpha value is -2.41. The number of aromatic hydroxyl groups is 1. The molecule has 0 saturated heterocycles. The molecule has 0 unspecified atom stereocenters. The van der Waals surface area contributed by atoms with E-state index in [1.165, 1.54) is 27.4 Å². The quantitative estimate of drug-likeness (QED) is 0.753. The van der Waals surface area contributed by atoms with Gasteiger partial charge in [-0.3, -0.25) is 4.79 Å². The number of anilines is 1. The Bertz CT molecular complexity index is 776. The van der Waals surface area contributed by atoms with Crippen molar-refractivity contribution in [3.05, 3.63) is 39.9 Å². The number of carbonyl (C=O) groups excluding carboxylic acids is 1. The van der Waals surface area contributed by atoms with E-state index in [1.54, 1.807) is 18.2 Å². The number of methoxy groups -OCH3 is 3. The molecule has 1 amide bonds. The molecule has 0 aromatic heterocycles. The summed E-state index contributed by atoms with van der Waals surface area (Å²) in [6.07, 6.45) is 0. The molecule has 7 heteroatoms. The minimum atomic E-state index is -0.430. The molecule has 0 spiro atoms. The van der Waals surface area contributed by atoms with E-state index < -0.39 is 5.91 Å². The number of hydrogen-bond acceptors (Lipinski definition) is 5. The first-order chi connectivity index (χ1) is 11.4. The average molecular weight is 396 g/mol. The van der Waals surface area contributed by atoms with Gasteiger partial charge in [-0.25, -0.2) is 0 Å². The van der Waals surface area contributed by atoms with E-state index in [4.69, 9.17) is 14.2 Å². The third-order valence-corrected chi connectivity index (χ3v) is 4.20. The summed E-state index contributed by atoms with van der Waals surface area (Å²) >= 11 is 3.36. The monoisotopic (exact) mass is 395 g/mol. The summed E-state index contributed by atoms with van der Waals surface area (Å²) in [5, 5.41) is 12.6. The van der Waals surface area contributed by atoms with E-state index in [0.29, 0.717) is 27.4 Å². The average Bonchev–Trinajstić information content (AvgIpc) is 2.56. The summed E-state index contributed by atoms with van der Waals surface area (Å²) in [5.74, 6) is 0.639. The molecular formula is C17H18BrNO5. The molecule has 0 aliphatic carbocycles. The molecule has 6 nitrogen and oxygen atoms in total. The Morgan fingerprint density at radius 3 is 2.29 bits per heavy atom. The van der Waals surface area contributed by atoms with Gasteiger partial charge in [-0.1, -0.05) is 6.07 Å². The Labute approximate surface area is 148 Å². The maximum absolute atomic E-state index is 12.6. The van der Waals surface area contributed by atoms with Crippen LogP contribution in [-0.2, 0) is 0 Å². The molecule has 0 fully saturated rings. The molecule has 0 aliphatic rings. The molecule has 0 radical (unpaired) electrons. The number of ether oxygens (including phenoxy) is 3. The van der Waals surface area contributed by atoms with Crippen LogP contribution in [0.25, 0.3) is 0 Å². The zero-order chi connectivity index (χ0) is 17.9. The van der Waals surface area contributed by atoms with Gasteiger partial charge in [0.25, 0.3) is 5.91 Å². The van der Waals surface area contributed by atoms with Crippen LogP contribution in [0.3, 0.4) is 0 Å². The Balaban J connectivity index is 2.45. The van der Waals surface area contributed by atoms with E-state index in [2.05, 4.69) is 21.2 Å². The molecular weight excluding hydrogens is 378 g/mol. The Kier molecular flexibility index (Phi) is 5.56. The first-order valence-corrected chi connectivity index (χ1v) is 7.81. The number of amides is 1. The largest absolute Gasteiger partial charge is 0.506 e. The molecule has 2 aromatic carbocycles. The van der Waals surface area contributed by atoms with Crippen molar-refractivity contribution in [1.29, 1.82) is 0 Å². The van der Waals surface area contributed by atoms with E-state index in [1.807, 2.05) is 6.92 Å². The van der Waals surface area contributed by atoms with Crippen LogP contribution in [0.1, 0.15) is 15.9 Å². The van der Waals surface area contributed by atoms with Crippen molar-refractivity contribution in [2.24, 2.45) is 0 Å². The lowest BCUT2D eigenvalue weighted by Crippen LogP contribution is -2.14. The second-order valence-corrected chi connectivity index (χ2v) is 5.77. The van der Waals surface area contributed by atoms with Gasteiger partial charge in [0.05, 0.1) is 37.1 Å². The number of phenols is 1. The number of rotatable bonds is 5. The highest BCUT2D eigenvalue weighted by Crippen LogP contribution is 2.45. The standard InChI is InChI=1S/C17H18BrNO5/c1-9-5-6-11(12(20)7-9)19-17(21)10-8-13(22-2)15(23-3)16(24-4)14(10)18/h5-8,20H,1-4H3,(H,19,21). The fraction of sp³-hybridized carbons (Fsp3) is 0.235. The van der Waals surface area contributed by atoms with Crippen molar-refractivity contribution in [2.45, 2.75) is 6.92 Å². The van der Waals surface area contributed by atoms with E-state index in [0.717, 1.165) is 5.56 Å². The summed E-state index contributed by atoms with van der Waals surface area (Å²) in [7, 11) is 4.42. The van der Waals surface area contributed by atoms with Gasteiger partial charge in [0.15, 0.2) is 11.5 Å². The summed E-state index contributed by atoms with van der Waals surface area (Å²) in [6, 6.07) is 6.53. The first-order valence-electron chi connectivity index (χ1n) is 7.02. The number of carbonyl (C=O) groups is 1. The predicted octanol–water partition coefficient (Wildman–Crippen LogP) is 3.74. The zero-order valence-corrected chi connectivity index (χ0v) is 15.4. The summed E-state index contributed by atoms with van der Waals surface area (Å²) < 4.78 is 16.3. The molecule has 2 aromatic rings. The molecule has 2 N–H and O–H groups in total. The molecule has 0 saturated carbocycles. The number of benzene rings is 2. The van der Waals surface area contributed by atoms with Gasteiger partial charge >= 0.3 is 0 Å². The van der Waals surface area contributed by atoms with Crippen LogP contribution in [0, 0.1) is 6.92 Å².